The first kappa shape index (κ1) is 40.5. The maximum Gasteiger partial charge on any atom is 0.359 e. The van der Waals surface area contributed by atoms with Crippen LogP contribution >= 0.6 is 0 Å². The smallest absolute Gasteiger partial charge is 0.359 e. The van der Waals surface area contributed by atoms with Crippen molar-refractivity contribution in [3.8, 4) is 22.5 Å². The number of hydrogen-bond acceptors (Lipinski definition) is 9. The number of tetrazole rings is 1. The van der Waals surface area contributed by atoms with Crippen molar-refractivity contribution < 1.29 is 24.2 Å². The van der Waals surface area contributed by atoms with E-state index in [4.69, 9.17) is 24.8 Å². The number of aliphatic hydroxyl groups excluding tert-OH is 1. The van der Waals surface area contributed by atoms with Crippen molar-refractivity contribution in [2.45, 2.75) is 59.0 Å². The number of hydrogen-bond donors (Lipinski definition) is 1. The van der Waals surface area contributed by atoms with Crippen LogP contribution in [0.1, 0.15) is 78.4 Å². The quantitative estimate of drug-likeness (QED) is 0.0619. The molecule has 7 rings (SSSR count). The molecule has 0 aliphatic heterocycles. The molecule has 0 amide bonds. The van der Waals surface area contributed by atoms with E-state index in [-0.39, 0.29) is 18.7 Å². The highest BCUT2D eigenvalue weighted by Crippen LogP contribution is 2.43. The summed E-state index contributed by atoms with van der Waals surface area (Å²) in [5.41, 5.74) is 5.68. The fourth-order valence-corrected chi connectivity index (χ4v) is 7.46. The molecule has 300 valence electrons. The Hall–Kier alpha value is -6.72. The molecule has 0 aliphatic carbocycles. The van der Waals surface area contributed by atoms with Crippen LogP contribution in [-0.4, -0.2) is 60.2 Å². The molecule has 0 atom stereocenters. The van der Waals surface area contributed by atoms with E-state index in [2.05, 4.69) is 59.8 Å². The number of esters is 2. The van der Waals surface area contributed by atoms with Crippen molar-refractivity contribution in [3.63, 3.8) is 0 Å². The Balaban J connectivity index is 1.26. The van der Waals surface area contributed by atoms with Crippen LogP contribution in [0.4, 0.5) is 0 Å². The Bertz CT molecular complexity index is 2390. The van der Waals surface area contributed by atoms with Gasteiger partial charge in [-0.2, -0.15) is 0 Å². The third-order valence-corrected chi connectivity index (χ3v) is 10.3. The molecule has 0 aliphatic rings. The van der Waals surface area contributed by atoms with Crippen molar-refractivity contribution in [2.75, 3.05) is 13.4 Å². The topological polar surface area (TPSA) is 134 Å². The first-order chi connectivity index (χ1) is 28.7. The molecule has 7 aromatic rings. The van der Waals surface area contributed by atoms with Gasteiger partial charge < -0.3 is 19.1 Å². The summed E-state index contributed by atoms with van der Waals surface area (Å²) in [7, 11) is 0. The third kappa shape index (κ3) is 8.33. The second-order valence-corrected chi connectivity index (χ2v) is 15.3. The second-order valence-electron chi connectivity index (χ2n) is 15.3. The predicted octanol–water partition coefficient (Wildman–Crippen LogP) is 8.28. The molecule has 1 N–H and O–H groups in total. The molecule has 11 nitrogen and oxygen atoms in total. The van der Waals surface area contributed by atoms with Gasteiger partial charge in [0.15, 0.2) is 11.5 Å². The average molecular weight is 789 g/mol. The highest BCUT2D eigenvalue weighted by Gasteiger charge is 2.42. The summed E-state index contributed by atoms with van der Waals surface area (Å²) >= 11 is 0. The van der Waals surface area contributed by atoms with Crippen LogP contribution in [0.25, 0.3) is 22.5 Å². The number of aromatic nitrogens is 6. The molecule has 0 unspecified atom stereocenters. The van der Waals surface area contributed by atoms with Crippen LogP contribution in [0.5, 0.6) is 0 Å². The summed E-state index contributed by atoms with van der Waals surface area (Å²) in [5.74, 6) is 0.138. The lowest BCUT2D eigenvalue weighted by molar-refractivity contribution is -0.161. The van der Waals surface area contributed by atoms with Crippen LogP contribution in [0, 0.1) is 5.41 Å². The fraction of sp³-hybridized carbons (Fsp3) is 0.250. The average Bonchev–Trinajstić information content (AvgIpc) is 3.87. The van der Waals surface area contributed by atoms with Gasteiger partial charge in [-0.05, 0) is 71.0 Å². The number of aliphatic hydroxyl groups is 1. The lowest BCUT2D eigenvalue weighted by Crippen LogP contribution is -2.39. The van der Waals surface area contributed by atoms with Gasteiger partial charge in [0, 0.05) is 31.6 Å². The van der Waals surface area contributed by atoms with Gasteiger partial charge in [-0.1, -0.05) is 146 Å². The summed E-state index contributed by atoms with van der Waals surface area (Å²) in [6.07, 6.45) is 1.58. The normalized spacial score (nSPS) is 11.7. The largest absolute Gasteiger partial charge is 0.427 e. The molecular weight excluding hydrogens is 741 g/mol. The van der Waals surface area contributed by atoms with E-state index in [1.54, 1.807) is 20.8 Å². The van der Waals surface area contributed by atoms with Gasteiger partial charge in [-0.25, -0.2) is 14.5 Å². The zero-order chi connectivity index (χ0) is 41.4. The summed E-state index contributed by atoms with van der Waals surface area (Å²) < 4.78 is 14.4. The van der Waals surface area contributed by atoms with Crippen molar-refractivity contribution in [1.82, 2.24) is 29.8 Å². The highest BCUT2D eigenvalue weighted by molar-refractivity contribution is 5.89. The van der Waals surface area contributed by atoms with Crippen LogP contribution in [-0.2, 0) is 39.2 Å². The standard InChI is InChI=1S/C48H48N6O5/c1-5-17-42-49-41(30-31-55)43(45(56)58-33-59-46(57)47(2,3)4)53(42)32-34-26-28-35(29-27-34)39-24-15-16-25-40(39)44-50-51-52-54(44)48(36-18-9-6-10-19-36,37-20-11-7-12-21-37)38-22-13-8-14-23-38/h6-16,18-29,55H,5,17,30-33H2,1-4H3. The van der Waals surface area contributed by atoms with Gasteiger partial charge in [0.05, 0.1) is 11.1 Å². The molecule has 0 saturated heterocycles. The van der Waals surface area contributed by atoms with Crippen LogP contribution in [0.2, 0.25) is 0 Å². The van der Waals surface area contributed by atoms with Crippen LogP contribution in [0.15, 0.2) is 140 Å². The van der Waals surface area contributed by atoms with Crippen molar-refractivity contribution in [2.24, 2.45) is 5.41 Å². The number of carbonyl (C=O) groups excluding carboxylic acids is 2. The van der Waals surface area contributed by atoms with E-state index in [1.165, 1.54) is 0 Å². The highest BCUT2D eigenvalue weighted by atomic mass is 16.7. The van der Waals surface area contributed by atoms with Crippen molar-refractivity contribution >= 4 is 11.9 Å². The molecule has 11 heteroatoms. The third-order valence-electron chi connectivity index (χ3n) is 10.3. The molecule has 59 heavy (non-hydrogen) atoms. The molecule has 0 saturated carbocycles. The molecule has 5 aromatic carbocycles. The maximum atomic E-state index is 13.6. The van der Waals surface area contributed by atoms with Crippen molar-refractivity contribution in [1.29, 1.82) is 0 Å². The van der Waals surface area contributed by atoms with E-state index < -0.39 is 29.7 Å². The van der Waals surface area contributed by atoms with E-state index in [9.17, 15) is 14.7 Å². The predicted molar refractivity (Wildman–Crippen MR) is 225 cm³/mol. The van der Waals surface area contributed by atoms with Gasteiger partial charge in [0.2, 0.25) is 6.79 Å². The molecule has 0 spiro atoms. The van der Waals surface area contributed by atoms with Gasteiger partial charge >= 0.3 is 11.9 Å². The Kier molecular flexibility index (Phi) is 12.2. The summed E-state index contributed by atoms with van der Waals surface area (Å²) in [6.45, 7) is 6.83. The monoisotopic (exact) mass is 788 g/mol. The minimum atomic E-state index is -0.914. The zero-order valence-corrected chi connectivity index (χ0v) is 33.8. The molecular formula is C48H48N6O5. The van der Waals surface area contributed by atoms with Gasteiger partial charge in [0.25, 0.3) is 0 Å². The number of nitrogens with zero attached hydrogens (tertiary/aromatic N) is 6. The number of benzene rings is 5. The molecule has 0 bridgehead atoms. The maximum absolute atomic E-state index is 13.6. The summed E-state index contributed by atoms with van der Waals surface area (Å²) in [5, 5.41) is 23.6. The number of carbonyl (C=O) groups is 2. The fourth-order valence-electron chi connectivity index (χ4n) is 7.46. The van der Waals surface area contributed by atoms with E-state index in [0.717, 1.165) is 45.4 Å². The minimum absolute atomic E-state index is 0.172. The number of rotatable bonds is 15. The number of imidazole rings is 1. The van der Waals surface area contributed by atoms with Crippen molar-refractivity contribution in [3.05, 3.63) is 179 Å². The molecule has 0 radical (unpaired) electrons. The first-order valence-corrected chi connectivity index (χ1v) is 19.8. The summed E-state index contributed by atoms with van der Waals surface area (Å²) in [4.78, 5) is 30.7. The molecule has 0 fully saturated rings. The Morgan fingerprint density at radius 1 is 0.695 bits per heavy atom. The summed E-state index contributed by atoms with van der Waals surface area (Å²) in [6, 6.07) is 47.2. The number of ether oxygens (including phenoxy) is 2. The Morgan fingerprint density at radius 3 is 1.80 bits per heavy atom. The zero-order valence-electron chi connectivity index (χ0n) is 33.8. The lowest BCUT2D eigenvalue weighted by atomic mass is 9.77. The lowest BCUT2D eigenvalue weighted by Gasteiger charge is -2.36. The SMILES string of the molecule is CCCc1nc(CCO)c(C(=O)OCOC(=O)C(C)(C)C)n1Cc1ccc(-c2ccccc2-c2nnnn2C(c2ccccc2)(c2ccccc2)c2ccccc2)cc1. The second kappa shape index (κ2) is 17.8. The Labute approximate surface area is 344 Å². The van der Waals surface area contributed by atoms with E-state index >= 15 is 0 Å². The van der Waals surface area contributed by atoms with Gasteiger partial charge in [-0.15, -0.1) is 5.10 Å². The van der Waals surface area contributed by atoms with Gasteiger partial charge in [0.1, 0.15) is 11.4 Å². The van der Waals surface area contributed by atoms with Crippen LogP contribution < -0.4 is 0 Å². The minimum Gasteiger partial charge on any atom is -0.427 e. The number of aryl methyl sites for hydroxylation is 1. The van der Waals surface area contributed by atoms with Crippen LogP contribution in [0.3, 0.4) is 0 Å². The first-order valence-electron chi connectivity index (χ1n) is 19.8. The molecule has 2 aromatic heterocycles. The van der Waals surface area contributed by atoms with Gasteiger partial charge in [-0.3, -0.25) is 4.79 Å². The van der Waals surface area contributed by atoms with E-state index in [0.29, 0.717) is 30.3 Å². The Morgan fingerprint density at radius 2 is 1.25 bits per heavy atom. The van der Waals surface area contributed by atoms with E-state index in [1.807, 2.05) is 101 Å². The molecule has 2 heterocycles.